The Balaban J connectivity index is 1.60. The van der Waals surface area contributed by atoms with Crippen molar-refractivity contribution in [1.29, 1.82) is 0 Å². The molecule has 1 aliphatic rings. The number of para-hydroxylation sites is 1. The van der Waals surface area contributed by atoms with Crippen molar-refractivity contribution in [2.45, 2.75) is 19.3 Å². The Morgan fingerprint density at radius 3 is 2.67 bits per heavy atom. The molecule has 0 unspecified atom stereocenters. The summed E-state index contributed by atoms with van der Waals surface area (Å²) in [5, 5.41) is 3.95. The SMILES string of the molecule is O=C(CCOc1ccccc1)NCC1(CBr)CC1. The van der Waals surface area contributed by atoms with E-state index in [0.29, 0.717) is 18.4 Å². The molecular weight excluding hydrogens is 294 g/mol. The number of carbonyl (C=O) groups excluding carboxylic acids is 1. The Morgan fingerprint density at radius 2 is 2.06 bits per heavy atom. The summed E-state index contributed by atoms with van der Waals surface area (Å²) in [7, 11) is 0. The molecule has 0 radical (unpaired) electrons. The molecule has 0 heterocycles. The zero-order valence-electron chi connectivity index (χ0n) is 10.3. The minimum Gasteiger partial charge on any atom is -0.493 e. The lowest BCUT2D eigenvalue weighted by molar-refractivity contribution is -0.121. The maximum absolute atomic E-state index is 11.6. The Kier molecular flexibility index (Phi) is 4.64. The number of benzene rings is 1. The molecule has 0 bridgehead atoms. The van der Waals surface area contributed by atoms with Crippen molar-refractivity contribution in [3.05, 3.63) is 30.3 Å². The van der Waals surface area contributed by atoms with Crippen LogP contribution >= 0.6 is 15.9 Å². The van der Waals surface area contributed by atoms with Gasteiger partial charge in [0.1, 0.15) is 5.75 Å². The average molecular weight is 312 g/mol. The van der Waals surface area contributed by atoms with Crippen molar-refractivity contribution in [1.82, 2.24) is 5.32 Å². The molecule has 0 saturated heterocycles. The normalized spacial score (nSPS) is 16.1. The quantitative estimate of drug-likeness (QED) is 0.786. The first kappa shape index (κ1) is 13.4. The third kappa shape index (κ3) is 4.02. The molecule has 0 aliphatic heterocycles. The Labute approximate surface area is 116 Å². The molecule has 3 nitrogen and oxygen atoms in total. The van der Waals surface area contributed by atoms with E-state index in [-0.39, 0.29) is 5.91 Å². The zero-order valence-corrected chi connectivity index (χ0v) is 11.9. The van der Waals surface area contributed by atoms with Crippen LogP contribution in [0.2, 0.25) is 0 Å². The fourth-order valence-electron chi connectivity index (χ4n) is 1.69. The summed E-state index contributed by atoms with van der Waals surface area (Å²) in [4.78, 5) is 11.6. The summed E-state index contributed by atoms with van der Waals surface area (Å²) in [5.41, 5.74) is 0.329. The number of hydrogen-bond donors (Lipinski definition) is 1. The van der Waals surface area contributed by atoms with E-state index >= 15 is 0 Å². The fourth-order valence-corrected chi connectivity index (χ4v) is 2.45. The van der Waals surface area contributed by atoms with Gasteiger partial charge in [-0.3, -0.25) is 4.79 Å². The molecule has 0 aromatic heterocycles. The highest BCUT2D eigenvalue weighted by atomic mass is 79.9. The van der Waals surface area contributed by atoms with Gasteiger partial charge in [0.05, 0.1) is 13.0 Å². The standard InChI is InChI=1S/C14H18BrNO2/c15-10-14(7-8-14)11-16-13(17)6-9-18-12-4-2-1-3-5-12/h1-5H,6-11H2,(H,16,17). The maximum atomic E-state index is 11.6. The van der Waals surface area contributed by atoms with Gasteiger partial charge in [-0.15, -0.1) is 0 Å². The number of amides is 1. The van der Waals surface area contributed by atoms with Crippen molar-refractivity contribution in [3.63, 3.8) is 0 Å². The highest BCUT2D eigenvalue weighted by molar-refractivity contribution is 9.09. The van der Waals surface area contributed by atoms with Crippen LogP contribution < -0.4 is 10.1 Å². The van der Waals surface area contributed by atoms with Gasteiger partial charge in [-0.2, -0.15) is 0 Å². The first-order valence-corrected chi connectivity index (χ1v) is 7.37. The van der Waals surface area contributed by atoms with Crippen molar-refractivity contribution in [3.8, 4) is 5.75 Å². The predicted octanol–water partition coefficient (Wildman–Crippen LogP) is 2.75. The van der Waals surface area contributed by atoms with Crippen LogP contribution in [0.5, 0.6) is 5.75 Å². The number of hydrogen-bond acceptors (Lipinski definition) is 2. The summed E-state index contributed by atoms with van der Waals surface area (Å²) >= 11 is 3.49. The van der Waals surface area contributed by atoms with Gasteiger partial charge in [0, 0.05) is 11.9 Å². The topological polar surface area (TPSA) is 38.3 Å². The summed E-state index contributed by atoms with van der Waals surface area (Å²) in [6.07, 6.45) is 2.82. The number of halogens is 1. The lowest BCUT2D eigenvalue weighted by Gasteiger charge is -2.12. The van der Waals surface area contributed by atoms with Crippen molar-refractivity contribution < 1.29 is 9.53 Å². The van der Waals surface area contributed by atoms with Gasteiger partial charge in [-0.05, 0) is 30.4 Å². The Morgan fingerprint density at radius 1 is 1.33 bits per heavy atom. The van der Waals surface area contributed by atoms with Crippen LogP contribution in [0.1, 0.15) is 19.3 Å². The molecule has 1 N–H and O–H groups in total. The van der Waals surface area contributed by atoms with E-state index in [1.54, 1.807) is 0 Å². The Hall–Kier alpha value is -1.03. The van der Waals surface area contributed by atoms with Crippen LogP contribution in [0.25, 0.3) is 0 Å². The summed E-state index contributed by atoms with van der Waals surface area (Å²) in [5.74, 6) is 0.877. The molecule has 1 aromatic carbocycles. The summed E-state index contributed by atoms with van der Waals surface area (Å²) in [6.45, 7) is 1.21. The first-order valence-electron chi connectivity index (χ1n) is 6.25. The number of rotatable bonds is 7. The molecule has 1 fully saturated rings. The van der Waals surface area contributed by atoms with Gasteiger partial charge in [0.25, 0.3) is 0 Å². The van der Waals surface area contributed by atoms with Crippen LogP contribution in [0, 0.1) is 5.41 Å². The molecule has 1 amide bonds. The first-order chi connectivity index (χ1) is 8.74. The van der Waals surface area contributed by atoms with Crippen LogP contribution in [-0.2, 0) is 4.79 Å². The largest absolute Gasteiger partial charge is 0.493 e. The number of alkyl halides is 1. The lowest BCUT2D eigenvalue weighted by atomic mass is 10.1. The van der Waals surface area contributed by atoms with Gasteiger partial charge in [-0.25, -0.2) is 0 Å². The second kappa shape index (κ2) is 6.23. The highest BCUT2D eigenvalue weighted by Gasteiger charge is 2.41. The average Bonchev–Trinajstić information content (AvgIpc) is 3.18. The summed E-state index contributed by atoms with van der Waals surface area (Å²) < 4.78 is 5.48. The molecule has 1 aliphatic carbocycles. The molecule has 18 heavy (non-hydrogen) atoms. The second-order valence-corrected chi connectivity index (χ2v) is 5.38. The van der Waals surface area contributed by atoms with Gasteiger partial charge >= 0.3 is 0 Å². The van der Waals surface area contributed by atoms with Crippen LogP contribution in [0.3, 0.4) is 0 Å². The van der Waals surface area contributed by atoms with Crippen LogP contribution in [0.15, 0.2) is 30.3 Å². The van der Waals surface area contributed by atoms with E-state index in [4.69, 9.17) is 4.74 Å². The summed E-state index contributed by atoms with van der Waals surface area (Å²) in [6, 6.07) is 9.56. The fraction of sp³-hybridized carbons (Fsp3) is 0.500. The number of ether oxygens (including phenoxy) is 1. The minimum atomic E-state index is 0.0677. The molecule has 1 saturated carbocycles. The number of nitrogens with one attached hydrogen (secondary N) is 1. The van der Waals surface area contributed by atoms with Gasteiger partial charge in [0.2, 0.25) is 5.91 Å². The molecule has 0 spiro atoms. The van der Waals surface area contributed by atoms with E-state index in [1.807, 2.05) is 30.3 Å². The second-order valence-electron chi connectivity index (χ2n) is 4.82. The molecule has 1 aromatic rings. The van der Waals surface area contributed by atoms with E-state index in [0.717, 1.165) is 17.6 Å². The van der Waals surface area contributed by atoms with Crippen LogP contribution in [0.4, 0.5) is 0 Å². The third-order valence-corrected chi connectivity index (χ3v) is 4.43. The molecule has 2 rings (SSSR count). The van der Waals surface area contributed by atoms with E-state index in [1.165, 1.54) is 12.8 Å². The monoisotopic (exact) mass is 311 g/mol. The number of carbonyl (C=O) groups is 1. The lowest BCUT2D eigenvalue weighted by Crippen LogP contribution is -2.31. The van der Waals surface area contributed by atoms with E-state index in [9.17, 15) is 4.79 Å². The van der Waals surface area contributed by atoms with Crippen molar-refractivity contribution in [2.24, 2.45) is 5.41 Å². The van der Waals surface area contributed by atoms with Crippen molar-refractivity contribution in [2.75, 3.05) is 18.5 Å². The van der Waals surface area contributed by atoms with Crippen LogP contribution in [-0.4, -0.2) is 24.4 Å². The molecular formula is C14H18BrNO2. The molecule has 98 valence electrons. The van der Waals surface area contributed by atoms with Crippen molar-refractivity contribution >= 4 is 21.8 Å². The van der Waals surface area contributed by atoms with Gasteiger partial charge < -0.3 is 10.1 Å². The third-order valence-electron chi connectivity index (χ3n) is 3.24. The smallest absolute Gasteiger partial charge is 0.223 e. The zero-order chi connectivity index (χ0) is 12.8. The highest BCUT2D eigenvalue weighted by Crippen LogP contribution is 2.46. The predicted molar refractivity (Wildman–Crippen MR) is 75.0 cm³/mol. The van der Waals surface area contributed by atoms with E-state index < -0.39 is 0 Å². The van der Waals surface area contributed by atoms with Gasteiger partial charge in [0.15, 0.2) is 0 Å². The molecule has 0 atom stereocenters. The molecule has 4 heteroatoms. The minimum absolute atomic E-state index is 0.0677. The van der Waals surface area contributed by atoms with E-state index in [2.05, 4.69) is 21.2 Å². The van der Waals surface area contributed by atoms with Gasteiger partial charge in [-0.1, -0.05) is 34.1 Å². The Bertz CT molecular complexity index is 390. The maximum Gasteiger partial charge on any atom is 0.223 e.